The van der Waals surface area contributed by atoms with Gasteiger partial charge < -0.3 is 20.3 Å². The average Bonchev–Trinajstić information content (AvgIpc) is 2.62. The molecule has 0 saturated carbocycles. The summed E-state index contributed by atoms with van der Waals surface area (Å²) < 4.78 is 5.76. The lowest BCUT2D eigenvalue weighted by Gasteiger charge is -2.21. The van der Waals surface area contributed by atoms with Crippen LogP contribution in [0.5, 0.6) is 5.75 Å². The summed E-state index contributed by atoms with van der Waals surface area (Å²) in [6, 6.07) is 8.59. The van der Waals surface area contributed by atoms with E-state index in [1.165, 1.54) is 12.0 Å². The van der Waals surface area contributed by atoms with Gasteiger partial charge in [0.2, 0.25) is 0 Å². The molecule has 1 aromatic rings. The first-order valence-electron chi connectivity index (χ1n) is 9.93. The molecule has 6 heteroatoms. The lowest BCUT2D eigenvalue weighted by atomic mass is 10.2. The van der Waals surface area contributed by atoms with E-state index in [-0.39, 0.29) is 30.1 Å². The van der Waals surface area contributed by atoms with E-state index in [0.717, 1.165) is 44.3 Å². The Hall–Kier alpha value is -1.02. The third-order valence-electron chi connectivity index (χ3n) is 4.34. The van der Waals surface area contributed by atoms with Crippen molar-refractivity contribution in [3.63, 3.8) is 0 Å². The van der Waals surface area contributed by atoms with Crippen molar-refractivity contribution in [3.8, 4) is 5.75 Å². The van der Waals surface area contributed by atoms with Gasteiger partial charge in [0, 0.05) is 19.6 Å². The molecule has 0 bridgehead atoms. The summed E-state index contributed by atoms with van der Waals surface area (Å²) in [7, 11) is 1.82. The van der Waals surface area contributed by atoms with Crippen molar-refractivity contribution in [3.05, 3.63) is 29.8 Å². The van der Waals surface area contributed by atoms with E-state index in [2.05, 4.69) is 53.4 Å². The van der Waals surface area contributed by atoms with Gasteiger partial charge in [-0.2, -0.15) is 0 Å². The van der Waals surface area contributed by atoms with Gasteiger partial charge in [-0.05, 0) is 70.9 Å². The van der Waals surface area contributed by atoms with E-state index in [9.17, 15) is 0 Å². The van der Waals surface area contributed by atoms with E-state index in [4.69, 9.17) is 4.74 Å². The van der Waals surface area contributed by atoms with E-state index in [1.54, 1.807) is 0 Å². The van der Waals surface area contributed by atoms with Crippen molar-refractivity contribution in [1.82, 2.24) is 15.5 Å². The summed E-state index contributed by atoms with van der Waals surface area (Å²) in [6.07, 6.45) is 2.51. The molecule has 0 aliphatic carbocycles. The van der Waals surface area contributed by atoms with Crippen LogP contribution in [0.15, 0.2) is 29.3 Å². The normalized spacial score (nSPS) is 12.7. The minimum Gasteiger partial charge on any atom is -0.491 e. The summed E-state index contributed by atoms with van der Waals surface area (Å²) in [4.78, 5) is 6.81. The van der Waals surface area contributed by atoms with Gasteiger partial charge in [0.05, 0.1) is 6.10 Å². The van der Waals surface area contributed by atoms with Crippen LogP contribution in [0.2, 0.25) is 0 Å². The second kappa shape index (κ2) is 15.0. The molecule has 1 unspecified atom stereocenters. The highest BCUT2D eigenvalue weighted by Crippen LogP contribution is 2.14. The van der Waals surface area contributed by atoms with Gasteiger partial charge in [-0.25, -0.2) is 0 Å². The maximum Gasteiger partial charge on any atom is 0.191 e. The molecular formula is C21H39IN4O. The number of guanidine groups is 1. The Labute approximate surface area is 183 Å². The van der Waals surface area contributed by atoms with Crippen LogP contribution in [0.3, 0.4) is 0 Å². The van der Waals surface area contributed by atoms with Gasteiger partial charge in [-0.3, -0.25) is 4.99 Å². The Morgan fingerprint density at radius 3 is 2.48 bits per heavy atom. The SMILES string of the molecule is CCN(CC)CCCC(C)NC(=NC)NCc1cccc(OC(C)C)c1.I. The van der Waals surface area contributed by atoms with Crippen LogP contribution in [0.4, 0.5) is 0 Å². The molecule has 2 N–H and O–H groups in total. The topological polar surface area (TPSA) is 48.9 Å². The third-order valence-corrected chi connectivity index (χ3v) is 4.34. The fourth-order valence-corrected chi connectivity index (χ4v) is 2.85. The molecule has 1 rings (SSSR count). The fraction of sp³-hybridized carbons (Fsp3) is 0.667. The molecule has 27 heavy (non-hydrogen) atoms. The Balaban J connectivity index is 0.00000676. The molecule has 0 amide bonds. The number of nitrogens with one attached hydrogen (secondary N) is 2. The van der Waals surface area contributed by atoms with E-state index in [0.29, 0.717) is 6.04 Å². The number of ether oxygens (including phenoxy) is 1. The largest absolute Gasteiger partial charge is 0.491 e. The molecule has 0 radical (unpaired) electrons. The van der Waals surface area contributed by atoms with Crippen LogP contribution >= 0.6 is 24.0 Å². The summed E-state index contributed by atoms with van der Waals surface area (Å²) >= 11 is 0. The number of aliphatic imine (C=N–C) groups is 1. The minimum atomic E-state index is 0. The maximum atomic E-state index is 5.76. The molecule has 1 aromatic carbocycles. The highest BCUT2D eigenvalue weighted by molar-refractivity contribution is 14.0. The van der Waals surface area contributed by atoms with Crippen LogP contribution in [0, 0.1) is 0 Å². The lowest BCUT2D eigenvalue weighted by molar-refractivity contribution is 0.242. The average molecular weight is 490 g/mol. The Morgan fingerprint density at radius 1 is 1.19 bits per heavy atom. The zero-order valence-corrected chi connectivity index (χ0v) is 20.2. The maximum absolute atomic E-state index is 5.76. The van der Waals surface area contributed by atoms with Crippen LogP contribution < -0.4 is 15.4 Å². The highest BCUT2D eigenvalue weighted by atomic mass is 127. The molecule has 0 heterocycles. The van der Waals surface area contributed by atoms with Crippen LogP contribution in [-0.2, 0) is 6.54 Å². The number of hydrogen-bond acceptors (Lipinski definition) is 3. The number of rotatable bonds is 11. The zero-order chi connectivity index (χ0) is 19.4. The second-order valence-corrected chi connectivity index (χ2v) is 6.95. The standard InChI is InChI=1S/C21H38N4O.HI/c1-7-25(8-2)14-10-11-18(5)24-21(22-6)23-16-19-12-9-13-20(15-19)26-17(3)4;/h9,12-13,15,17-18H,7-8,10-11,14,16H2,1-6H3,(H2,22,23,24);1H. The fourth-order valence-electron chi connectivity index (χ4n) is 2.85. The first-order valence-corrected chi connectivity index (χ1v) is 9.93. The molecule has 0 saturated heterocycles. The minimum absolute atomic E-state index is 0. The number of hydrogen-bond donors (Lipinski definition) is 2. The first kappa shape index (κ1) is 26.0. The van der Waals surface area contributed by atoms with E-state index >= 15 is 0 Å². The molecule has 0 fully saturated rings. The Bertz CT molecular complexity index is 533. The Morgan fingerprint density at radius 2 is 1.89 bits per heavy atom. The smallest absolute Gasteiger partial charge is 0.191 e. The quantitative estimate of drug-likeness (QED) is 0.277. The van der Waals surface area contributed by atoms with Crippen LogP contribution in [0.1, 0.15) is 53.0 Å². The number of halogens is 1. The van der Waals surface area contributed by atoms with Gasteiger partial charge >= 0.3 is 0 Å². The van der Waals surface area contributed by atoms with Crippen molar-refractivity contribution in [2.24, 2.45) is 4.99 Å². The molecule has 5 nitrogen and oxygen atoms in total. The van der Waals surface area contributed by atoms with Crippen molar-refractivity contribution >= 4 is 29.9 Å². The van der Waals surface area contributed by atoms with Crippen molar-refractivity contribution in [2.75, 3.05) is 26.7 Å². The van der Waals surface area contributed by atoms with Gasteiger partial charge in [-0.1, -0.05) is 26.0 Å². The molecule has 0 aromatic heterocycles. The predicted octanol–water partition coefficient (Wildman–Crippen LogP) is 4.27. The summed E-state index contributed by atoms with van der Waals surface area (Å²) in [6.45, 7) is 14.9. The molecule has 0 aliphatic rings. The highest BCUT2D eigenvalue weighted by Gasteiger charge is 2.07. The first-order chi connectivity index (χ1) is 12.5. The van der Waals surface area contributed by atoms with Crippen LogP contribution in [-0.4, -0.2) is 49.7 Å². The van der Waals surface area contributed by atoms with Crippen molar-refractivity contribution in [1.29, 1.82) is 0 Å². The van der Waals surface area contributed by atoms with Gasteiger partial charge in [0.25, 0.3) is 0 Å². The van der Waals surface area contributed by atoms with Crippen LogP contribution in [0.25, 0.3) is 0 Å². The van der Waals surface area contributed by atoms with Crippen molar-refractivity contribution in [2.45, 2.75) is 66.2 Å². The third kappa shape index (κ3) is 11.4. The molecule has 156 valence electrons. The lowest BCUT2D eigenvalue weighted by Crippen LogP contribution is -2.42. The Kier molecular flexibility index (Phi) is 14.4. The number of benzene rings is 1. The molecule has 0 aliphatic heterocycles. The van der Waals surface area contributed by atoms with E-state index in [1.807, 2.05) is 33.0 Å². The summed E-state index contributed by atoms with van der Waals surface area (Å²) in [5.74, 6) is 1.75. The molecule has 1 atom stereocenters. The molecule has 0 spiro atoms. The van der Waals surface area contributed by atoms with Gasteiger partial charge in [0.1, 0.15) is 5.75 Å². The summed E-state index contributed by atoms with van der Waals surface area (Å²) in [5, 5.41) is 6.87. The van der Waals surface area contributed by atoms with E-state index < -0.39 is 0 Å². The van der Waals surface area contributed by atoms with Gasteiger partial charge in [-0.15, -0.1) is 24.0 Å². The monoisotopic (exact) mass is 490 g/mol. The number of nitrogens with zero attached hydrogens (tertiary/aromatic N) is 2. The second-order valence-electron chi connectivity index (χ2n) is 6.95. The van der Waals surface area contributed by atoms with Crippen molar-refractivity contribution < 1.29 is 4.74 Å². The predicted molar refractivity (Wildman–Crippen MR) is 127 cm³/mol. The molecular weight excluding hydrogens is 451 g/mol. The summed E-state index contributed by atoms with van der Waals surface area (Å²) in [5.41, 5.74) is 1.18. The zero-order valence-electron chi connectivity index (χ0n) is 17.9. The van der Waals surface area contributed by atoms with Gasteiger partial charge in [0.15, 0.2) is 5.96 Å².